The van der Waals surface area contributed by atoms with Crippen molar-refractivity contribution in [3.63, 3.8) is 0 Å². The number of likely N-dealkylation sites (tertiary alicyclic amines) is 1. The van der Waals surface area contributed by atoms with Crippen LogP contribution in [0.15, 0.2) is 54.7 Å². The number of fused-ring (bicyclic) bond motifs is 1. The molecule has 4 rings (SSSR count). The average Bonchev–Trinajstić information content (AvgIpc) is 3.10. The Morgan fingerprint density at radius 3 is 2.90 bits per heavy atom. The maximum atomic E-state index is 13.8. The highest BCUT2D eigenvalue weighted by molar-refractivity contribution is 5.97. The van der Waals surface area contributed by atoms with E-state index in [0.29, 0.717) is 41.0 Å². The SMILES string of the molecule is CCC(C(=O)Nc1ccccc1N)N1CC(Oc2ccnc3ccc(F)cc23)CC1C. The van der Waals surface area contributed by atoms with E-state index in [9.17, 15) is 9.18 Å². The Morgan fingerprint density at radius 1 is 1.32 bits per heavy atom. The molecule has 2 aromatic carbocycles. The van der Waals surface area contributed by atoms with E-state index >= 15 is 0 Å². The van der Waals surface area contributed by atoms with Crippen LogP contribution in [-0.4, -0.2) is 40.5 Å². The second kappa shape index (κ2) is 8.89. The zero-order chi connectivity index (χ0) is 22.0. The number of pyridine rings is 1. The third-order valence-corrected chi connectivity index (χ3v) is 5.85. The van der Waals surface area contributed by atoms with Crippen molar-refractivity contribution < 1.29 is 13.9 Å². The van der Waals surface area contributed by atoms with E-state index in [-0.39, 0.29) is 29.9 Å². The minimum Gasteiger partial charge on any atom is -0.488 e. The minimum absolute atomic E-state index is 0.0793. The quantitative estimate of drug-likeness (QED) is 0.582. The number of hydrogen-bond donors (Lipinski definition) is 2. The first-order valence-corrected chi connectivity index (χ1v) is 10.6. The van der Waals surface area contributed by atoms with Gasteiger partial charge in [0.15, 0.2) is 0 Å². The second-order valence-electron chi connectivity index (χ2n) is 7.99. The predicted octanol–water partition coefficient (Wildman–Crippen LogP) is 4.22. The smallest absolute Gasteiger partial charge is 0.241 e. The predicted molar refractivity (Wildman–Crippen MR) is 120 cm³/mol. The standard InChI is InChI=1S/C24H27FN4O2/c1-3-22(24(30)28-21-7-5-4-6-19(21)26)29-14-17(12-15(29)2)31-23-10-11-27-20-9-8-16(25)13-18(20)23/h4-11,13,15,17,22H,3,12,14,26H2,1-2H3,(H,28,30). The minimum atomic E-state index is -0.324. The van der Waals surface area contributed by atoms with Crippen LogP contribution in [0.5, 0.6) is 5.75 Å². The molecule has 31 heavy (non-hydrogen) atoms. The van der Waals surface area contributed by atoms with Gasteiger partial charge in [-0.3, -0.25) is 14.7 Å². The second-order valence-corrected chi connectivity index (χ2v) is 7.99. The molecule has 0 spiro atoms. The van der Waals surface area contributed by atoms with Crippen LogP contribution >= 0.6 is 0 Å². The lowest BCUT2D eigenvalue weighted by Gasteiger charge is -2.29. The lowest BCUT2D eigenvalue weighted by Crippen LogP contribution is -2.46. The van der Waals surface area contributed by atoms with Gasteiger partial charge in [-0.25, -0.2) is 4.39 Å². The number of amides is 1. The van der Waals surface area contributed by atoms with Crippen molar-refractivity contribution in [2.24, 2.45) is 0 Å². The van der Waals surface area contributed by atoms with Gasteiger partial charge in [0, 0.05) is 30.6 Å². The van der Waals surface area contributed by atoms with Gasteiger partial charge in [0.25, 0.3) is 0 Å². The Kier molecular flexibility index (Phi) is 6.04. The molecule has 1 saturated heterocycles. The van der Waals surface area contributed by atoms with E-state index < -0.39 is 0 Å². The van der Waals surface area contributed by atoms with Crippen molar-refractivity contribution in [2.75, 3.05) is 17.6 Å². The van der Waals surface area contributed by atoms with Crippen LogP contribution in [0.2, 0.25) is 0 Å². The zero-order valence-corrected chi connectivity index (χ0v) is 17.7. The molecule has 0 radical (unpaired) electrons. The third kappa shape index (κ3) is 4.46. The van der Waals surface area contributed by atoms with Crippen molar-refractivity contribution in [1.29, 1.82) is 0 Å². The van der Waals surface area contributed by atoms with Gasteiger partial charge in [-0.05, 0) is 49.7 Å². The largest absolute Gasteiger partial charge is 0.488 e. The third-order valence-electron chi connectivity index (χ3n) is 5.85. The highest BCUT2D eigenvalue weighted by Gasteiger charge is 2.37. The first-order valence-electron chi connectivity index (χ1n) is 10.6. The molecule has 1 aliphatic heterocycles. The molecule has 1 aromatic heterocycles. The summed E-state index contributed by atoms with van der Waals surface area (Å²) in [5, 5.41) is 3.61. The Morgan fingerprint density at radius 2 is 2.13 bits per heavy atom. The normalized spacial score (nSPS) is 20.0. The number of rotatable bonds is 6. The number of benzene rings is 2. The number of nitrogens with zero attached hydrogens (tertiary/aromatic N) is 2. The Balaban J connectivity index is 1.48. The molecule has 1 fully saturated rings. The molecule has 1 aliphatic rings. The number of para-hydroxylation sites is 2. The summed E-state index contributed by atoms with van der Waals surface area (Å²) in [6.07, 6.45) is 3.00. The molecule has 3 atom stereocenters. The summed E-state index contributed by atoms with van der Waals surface area (Å²) < 4.78 is 20.0. The van der Waals surface area contributed by atoms with Gasteiger partial charge in [0.1, 0.15) is 17.7 Å². The molecule has 1 amide bonds. The molecule has 6 nitrogen and oxygen atoms in total. The van der Waals surface area contributed by atoms with Crippen LogP contribution in [0, 0.1) is 5.82 Å². The Labute approximate surface area is 181 Å². The molecule has 0 saturated carbocycles. The van der Waals surface area contributed by atoms with E-state index in [4.69, 9.17) is 10.5 Å². The fourth-order valence-electron chi connectivity index (χ4n) is 4.30. The Bertz CT molecular complexity index is 1090. The van der Waals surface area contributed by atoms with Crippen LogP contribution < -0.4 is 15.8 Å². The number of nitrogens with two attached hydrogens (primary N) is 1. The van der Waals surface area contributed by atoms with Crippen LogP contribution in [0.25, 0.3) is 10.9 Å². The van der Waals surface area contributed by atoms with Crippen molar-refractivity contribution in [3.05, 3.63) is 60.5 Å². The van der Waals surface area contributed by atoms with Crippen molar-refractivity contribution in [3.8, 4) is 5.75 Å². The van der Waals surface area contributed by atoms with Gasteiger partial charge in [-0.15, -0.1) is 0 Å². The molecule has 2 heterocycles. The number of carbonyl (C=O) groups excluding carboxylic acids is 1. The van der Waals surface area contributed by atoms with E-state index in [0.717, 1.165) is 6.42 Å². The number of halogens is 1. The first-order chi connectivity index (χ1) is 15.0. The molecule has 7 heteroatoms. The molecular formula is C24H27FN4O2. The summed E-state index contributed by atoms with van der Waals surface area (Å²) in [4.78, 5) is 19.5. The van der Waals surface area contributed by atoms with Gasteiger partial charge >= 0.3 is 0 Å². The molecule has 0 aliphatic carbocycles. The van der Waals surface area contributed by atoms with Crippen LogP contribution in [0.4, 0.5) is 15.8 Å². The van der Waals surface area contributed by atoms with Crippen LogP contribution in [0.3, 0.4) is 0 Å². The summed E-state index contributed by atoms with van der Waals surface area (Å²) in [5.41, 5.74) is 7.82. The molecular weight excluding hydrogens is 395 g/mol. The summed E-state index contributed by atoms with van der Waals surface area (Å²) in [6.45, 7) is 4.70. The van der Waals surface area contributed by atoms with E-state index in [1.807, 2.05) is 19.1 Å². The fourth-order valence-corrected chi connectivity index (χ4v) is 4.30. The highest BCUT2D eigenvalue weighted by atomic mass is 19.1. The van der Waals surface area contributed by atoms with E-state index in [2.05, 4.69) is 22.1 Å². The maximum absolute atomic E-state index is 13.8. The summed E-state index contributed by atoms with van der Waals surface area (Å²) in [7, 11) is 0. The number of carbonyl (C=O) groups is 1. The van der Waals surface area contributed by atoms with Gasteiger partial charge in [0.2, 0.25) is 5.91 Å². The number of ether oxygens (including phenoxy) is 1. The monoisotopic (exact) mass is 422 g/mol. The van der Waals surface area contributed by atoms with Gasteiger partial charge < -0.3 is 15.8 Å². The van der Waals surface area contributed by atoms with E-state index in [1.165, 1.54) is 12.1 Å². The number of hydrogen-bond acceptors (Lipinski definition) is 5. The highest BCUT2D eigenvalue weighted by Crippen LogP contribution is 2.30. The summed E-state index contributed by atoms with van der Waals surface area (Å²) >= 11 is 0. The summed E-state index contributed by atoms with van der Waals surface area (Å²) in [6, 6.07) is 13.4. The van der Waals surface area contributed by atoms with Crippen molar-refractivity contribution >= 4 is 28.2 Å². The lowest BCUT2D eigenvalue weighted by molar-refractivity contribution is -0.121. The Hall–Kier alpha value is -3.19. The lowest BCUT2D eigenvalue weighted by atomic mass is 10.1. The molecule has 3 unspecified atom stereocenters. The van der Waals surface area contributed by atoms with Crippen LogP contribution in [0.1, 0.15) is 26.7 Å². The van der Waals surface area contributed by atoms with Gasteiger partial charge in [-0.2, -0.15) is 0 Å². The van der Waals surface area contributed by atoms with Crippen molar-refractivity contribution in [2.45, 2.75) is 44.9 Å². The number of anilines is 2. The first kappa shape index (κ1) is 21.1. The maximum Gasteiger partial charge on any atom is 0.241 e. The number of nitrogen functional groups attached to an aromatic ring is 1. The number of aromatic nitrogens is 1. The average molecular weight is 423 g/mol. The van der Waals surface area contributed by atoms with E-state index in [1.54, 1.807) is 30.5 Å². The zero-order valence-electron chi connectivity index (χ0n) is 17.7. The topological polar surface area (TPSA) is 80.5 Å². The molecule has 162 valence electrons. The van der Waals surface area contributed by atoms with Crippen molar-refractivity contribution in [1.82, 2.24) is 9.88 Å². The number of nitrogens with one attached hydrogen (secondary N) is 1. The van der Waals surface area contributed by atoms with Crippen LogP contribution in [-0.2, 0) is 4.79 Å². The molecule has 3 aromatic rings. The van der Waals surface area contributed by atoms with Gasteiger partial charge in [0.05, 0.1) is 22.9 Å². The molecule has 3 N–H and O–H groups in total. The fraction of sp³-hybridized carbons (Fsp3) is 0.333. The van der Waals surface area contributed by atoms with Gasteiger partial charge in [-0.1, -0.05) is 19.1 Å². The summed E-state index contributed by atoms with van der Waals surface area (Å²) in [5.74, 6) is 0.206. The molecule has 0 bridgehead atoms.